The van der Waals surface area contributed by atoms with Crippen LogP contribution in [0.15, 0.2) is 0 Å². The molecule has 1 unspecified atom stereocenters. The fourth-order valence-electron chi connectivity index (χ4n) is 1.59. The molecule has 1 heterocycles. The molecular formula is C10H21NO2. The molecule has 1 saturated heterocycles. The van der Waals surface area contributed by atoms with Gasteiger partial charge in [0.1, 0.15) is 0 Å². The van der Waals surface area contributed by atoms with E-state index < -0.39 is 0 Å². The quantitative estimate of drug-likeness (QED) is 0.662. The predicted molar refractivity (Wildman–Crippen MR) is 52.7 cm³/mol. The third-order valence-electron chi connectivity index (χ3n) is 2.32. The Morgan fingerprint density at radius 3 is 2.54 bits per heavy atom. The van der Waals surface area contributed by atoms with Crippen molar-refractivity contribution in [2.75, 3.05) is 19.7 Å². The van der Waals surface area contributed by atoms with Gasteiger partial charge < -0.3 is 14.8 Å². The molecule has 0 amide bonds. The second kappa shape index (κ2) is 6.35. The molecule has 0 aliphatic carbocycles. The second-order valence-corrected chi connectivity index (χ2v) is 3.38. The van der Waals surface area contributed by atoms with Gasteiger partial charge >= 0.3 is 0 Å². The van der Waals surface area contributed by atoms with E-state index in [0.717, 1.165) is 39.0 Å². The number of nitrogens with one attached hydrogen (secondary N) is 1. The molecule has 3 nitrogen and oxygen atoms in total. The van der Waals surface area contributed by atoms with Crippen molar-refractivity contribution in [3.8, 4) is 0 Å². The maximum atomic E-state index is 5.82. The van der Waals surface area contributed by atoms with Crippen LogP contribution in [0.3, 0.4) is 0 Å². The van der Waals surface area contributed by atoms with Crippen molar-refractivity contribution in [2.45, 2.75) is 45.5 Å². The Bertz CT molecular complexity index is 121. The second-order valence-electron chi connectivity index (χ2n) is 3.38. The van der Waals surface area contributed by atoms with Crippen molar-refractivity contribution >= 4 is 0 Å². The maximum Gasteiger partial charge on any atom is 0.157 e. The average molecular weight is 187 g/mol. The Hall–Kier alpha value is -0.120. The van der Waals surface area contributed by atoms with Crippen molar-refractivity contribution in [2.24, 2.45) is 0 Å². The first-order valence-electron chi connectivity index (χ1n) is 5.34. The highest BCUT2D eigenvalue weighted by Gasteiger charge is 2.17. The number of ether oxygens (including phenoxy) is 2. The molecule has 3 heteroatoms. The van der Waals surface area contributed by atoms with Crippen LogP contribution in [0.4, 0.5) is 0 Å². The summed E-state index contributed by atoms with van der Waals surface area (Å²) in [6.07, 6.45) is 3.58. The summed E-state index contributed by atoms with van der Waals surface area (Å²) in [5.74, 6) is 0. The van der Waals surface area contributed by atoms with Crippen LogP contribution in [-0.2, 0) is 9.47 Å². The first kappa shape index (κ1) is 11.0. The molecule has 0 radical (unpaired) electrons. The summed E-state index contributed by atoms with van der Waals surface area (Å²) in [5.41, 5.74) is 0. The monoisotopic (exact) mass is 187 g/mol. The minimum Gasteiger partial charge on any atom is -0.353 e. The molecule has 1 rings (SSSR count). The Balaban J connectivity index is 2.18. The largest absolute Gasteiger partial charge is 0.353 e. The van der Waals surface area contributed by atoms with E-state index in [1.807, 2.05) is 6.92 Å². The van der Waals surface area contributed by atoms with Gasteiger partial charge in [-0.05, 0) is 39.3 Å². The summed E-state index contributed by atoms with van der Waals surface area (Å²) < 4.78 is 11.3. The van der Waals surface area contributed by atoms with Crippen LogP contribution in [0.25, 0.3) is 0 Å². The summed E-state index contributed by atoms with van der Waals surface area (Å²) in [5, 5.41) is 3.32. The van der Waals surface area contributed by atoms with Crippen LogP contribution in [0.5, 0.6) is 0 Å². The number of hydrogen-bond acceptors (Lipinski definition) is 3. The topological polar surface area (TPSA) is 30.5 Å². The molecule has 1 aliphatic heterocycles. The van der Waals surface area contributed by atoms with Gasteiger partial charge in [-0.2, -0.15) is 0 Å². The van der Waals surface area contributed by atoms with Crippen LogP contribution in [-0.4, -0.2) is 32.1 Å². The van der Waals surface area contributed by atoms with Gasteiger partial charge in [-0.3, -0.25) is 0 Å². The molecule has 78 valence electrons. The third kappa shape index (κ3) is 4.07. The van der Waals surface area contributed by atoms with E-state index >= 15 is 0 Å². The molecule has 1 N–H and O–H groups in total. The Morgan fingerprint density at radius 2 is 2.00 bits per heavy atom. The van der Waals surface area contributed by atoms with E-state index in [1.165, 1.54) is 0 Å². The highest BCUT2D eigenvalue weighted by Crippen LogP contribution is 2.12. The van der Waals surface area contributed by atoms with Gasteiger partial charge in [0.2, 0.25) is 0 Å². The molecular weight excluding hydrogens is 166 g/mol. The van der Waals surface area contributed by atoms with Gasteiger partial charge in [0.25, 0.3) is 0 Å². The smallest absolute Gasteiger partial charge is 0.157 e. The number of hydrogen-bond donors (Lipinski definition) is 1. The molecule has 0 saturated carbocycles. The van der Waals surface area contributed by atoms with Crippen LogP contribution in [0, 0.1) is 0 Å². The van der Waals surface area contributed by atoms with E-state index in [9.17, 15) is 0 Å². The van der Waals surface area contributed by atoms with Crippen molar-refractivity contribution in [1.82, 2.24) is 5.32 Å². The van der Waals surface area contributed by atoms with Gasteiger partial charge in [0, 0.05) is 6.61 Å². The van der Waals surface area contributed by atoms with E-state index in [2.05, 4.69) is 12.2 Å². The van der Waals surface area contributed by atoms with Crippen molar-refractivity contribution in [1.29, 1.82) is 0 Å². The van der Waals surface area contributed by atoms with E-state index in [1.54, 1.807) is 0 Å². The van der Waals surface area contributed by atoms with Gasteiger partial charge in [0.15, 0.2) is 6.29 Å². The van der Waals surface area contributed by atoms with E-state index in [4.69, 9.17) is 9.47 Å². The number of piperidine rings is 1. The standard InChI is InChI=1S/C10H21NO2/c1-3-10(12-4-2)13-9-5-7-11-8-6-9/h9-11H,3-8H2,1-2H3. The third-order valence-corrected chi connectivity index (χ3v) is 2.32. The zero-order chi connectivity index (χ0) is 9.52. The van der Waals surface area contributed by atoms with Gasteiger partial charge in [0.05, 0.1) is 6.10 Å². The summed E-state index contributed by atoms with van der Waals surface area (Å²) >= 11 is 0. The van der Waals surface area contributed by atoms with Crippen molar-refractivity contribution < 1.29 is 9.47 Å². The molecule has 0 aromatic heterocycles. The van der Waals surface area contributed by atoms with Gasteiger partial charge in [-0.15, -0.1) is 0 Å². The lowest BCUT2D eigenvalue weighted by Gasteiger charge is -2.27. The normalized spacial score (nSPS) is 21.7. The molecule has 0 bridgehead atoms. The highest BCUT2D eigenvalue weighted by molar-refractivity contribution is 4.68. The molecule has 1 atom stereocenters. The molecule has 1 fully saturated rings. The zero-order valence-corrected chi connectivity index (χ0v) is 8.71. The van der Waals surface area contributed by atoms with Gasteiger partial charge in [-0.25, -0.2) is 0 Å². The van der Waals surface area contributed by atoms with Crippen LogP contribution in [0.1, 0.15) is 33.1 Å². The summed E-state index contributed by atoms with van der Waals surface area (Å²) in [6, 6.07) is 0. The lowest BCUT2D eigenvalue weighted by Crippen LogP contribution is -2.35. The van der Waals surface area contributed by atoms with Crippen molar-refractivity contribution in [3.05, 3.63) is 0 Å². The number of rotatable bonds is 5. The minimum atomic E-state index is 0.00750. The Morgan fingerprint density at radius 1 is 1.31 bits per heavy atom. The SMILES string of the molecule is CCOC(CC)OC1CCNCC1. The summed E-state index contributed by atoms with van der Waals surface area (Å²) in [4.78, 5) is 0. The van der Waals surface area contributed by atoms with Crippen LogP contribution < -0.4 is 5.32 Å². The average Bonchev–Trinajstić information content (AvgIpc) is 2.19. The Labute approximate surface area is 80.8 Å². The first-order chi connectivity index (χ1) is 6.36. The summed E-state index contributed by atoms with van der Waals surface area (Å²) in [7, 11) is 0. The molecule has 13 heavy (non-hydrogen) atoms. The van der Waals surface area contributed by atoms with E-state index in [0.29, 0.717) is 6.10 Å². The van der Waals surface area contributed by atoms with Gasteiger partial charge in [-0.1, -0.05) is 6.92 Å². The first-order valence-corrected chi connectivity index (χ1v) is 5.34. The fraction of sp³-hybridized carbons (Fsp3) is 1.00. The maximum absolute atomic E-state index is 5.82. The lowest BCUT2D eigenvalue weighted by atomic mass is 10.1. The highest BCUT2D eigenvalue weighted by atomic mass is 16.7. The van der Waals surface area contributed by atoms with Crippen LogP contribution >= 0.6 is 0 Å². The molecule has 0 aromatic rings. The summed E-state index contributed by atoms with van der Waals surface area (Å²) in [6.45, 7) is 7.00. The molecule has 1 aliphatic rings. The Kier molecular flexibility index (Phi) is 5.35. The molecule has 0 aromatic carbocycles. The fourth-order valence-corrected chi connectivity index (χ4v) is 1.59. The molecule has 0 spiro atoms. The predicted octanol–water partition coefficient (Wildman–Crippen LogP) is 1.53. The van der Waals surface area contributed by atoms with E-state index in [-0.39, 0.29) is 6.29 Å². The van der Waals surface area contributed by atoms with Crippen LogP contribution in [0.2, 0.25) is 0 Å². The zero-order valence-electron chi connectivity index (χ0n) is 8.71. The lowest BCUT2D eigenvalue weighted by molar-refractivity contribution is -0.173. The van der Waals surface area contributed by atoms with Crippen molar-refractivity contribution in [3.63, 3.8) is 0 Å². The minimum absolute atomic E-state index is 0.00750.